The molecular formula is C14H20ClNO4. The van der Waals surface area contributed by atoms with Gasteiger partial charge in [0, 0.05) is 18.1 Å². The first kappa shape index (κ1) is 15.5. The zero-order valence-electron chi connectivity index (χ0n) is 11.2. The number of halogens is 1. The zero-order valence-corrected chi connectivity index (χ0v) is 12.0. The van der Waals surface area contributed by atoms with E-state index in [-0.39, 0.29) is 19.3 Å². The van der Waals surface area contributed by atoms with Crippen LogP contribution in [-0.2, 0) is 4.74 Å². The molecule has 2 atom stereocenters. The van der Waals surface area contributed by atoms with Crippen LogP contribution < -0.4 is 4.74 Å². The van der Waals surface area contributed by atoms with Crippen molar-refractivity contribution in [3.63, 3.8) is 0 Å². The molecule has 0 spiro atoms. The summed E-state index contributed by atoms with van der Waals surface area (Å²) >= 11 is 5.79. The summed E-state index contributed by atoms with van der Waals surface area (Å²) in [6, 6.07) is 6.97. The molecule has 1 aliphatic heterocycles. The highest BCUT2D eigenvalue weighted by Gasteiger charge is 2.24. The molecule has 0 aliphatic carbocycles. The second-order valence-electron chi connectivity index (χ2n) is 4.82. The van der Waals surface area contributed by atoms with Crippen LogP contribution in [0.4, 0.5) is 0 Å². The molecule has 0 saturated carbocycles. The maximum atomic E-state index is 10.0. The fraction of sp³-hybridized carbons (Fsp3) is 0.571. The summed E-state index contributed by atoms with van der Waals surface area (Å²) in [5.74, 6) is 0.675. The van der Waals surface area contributed by atoms with Crippen molar-refractivity contribution < 1.29 is 19.7 Å². The van der Waals surface area contributed by atoms with E-state index < -0.39 is 6.10 Å². The van der Waals surface area contributed by atoms with Crippen molar-refractivity contribution in [2.75, 3.05) is 39.5 Å². The molecule has 2 rings (SSSR count). The summed E-state index contributed by atoms with van der Waals surface area (Å²) in [7, 11) is 0. The van der Waals surface area contributed by atoms with E-state index in [2.05, 4.69) is 0 Å². The monoisotopic (exact) mass is 301 g/mol. The maximum absolute atomic E-state index is 10.0. The standard InChI is InChI=1S/C14H20ClNO4/c15-11-1-3-14(4-2-11)20-10-13(18)7-16-5-6-19-9-12(16)8-17/h1-4,12-13,17-18H,5-10H2/t12-,13+/m0/s1. The molecule has 2 N–H and O–H groups in total. The average molecular weight is 302 g/mol. The number of aliphatic hydroxyl groups excluding tert-OH is 2. The number of morpholine rings is 1. The van der Waals surface area contributed by atoms with Gasteiger partial charge in [-0.1, -0.05) is 11.6 Å². The molecule has 0 bridgehead atoms. The van der Waals surface area contributed by atoms with Gasteiger partial charge in [0.05, 0.1) is 25.9 Å². The second kappa shape index (κ2) is 7.81. The largest absolute Gasteiger partial charge is 0.491 e. The first-order chi connectivity index (χ1) is 9.69. The van der Waals surface area contributed by atoms with E-state index in [0.717, 1.165) is 0 Å². The van der Waals surface area contributed by atoms with Crippen molar-refractivity contribution in [3.05, 3.63) is 29.3 Å². The molecule has 0 radical (unpaired) electrons. The smallest absolute Gasteiger partial charge is 0.119 e. The molecule has 1 heterocycles. The molecule has 1 aromatic carbocycles. The Hall–Kier alpha value is -0.850. The Morgan fingerprint density at radius 3 is 2.85 bits per heavy atom. The molecule has 1 saturated heterocycles. The highest BCUT2D eigenvalue weighted by Crippen LogP contribution is 2.16. The van der Waals surface area contributed by atoms with Gasteiger partial charge in [-0.2, -0.15) is 0 Å². The first-order valence-corrected chi connectivity index (χ1v) is 7.06. The quantitative estimate of drug-likeness (QED) is 0.813. The second-order valence-corrected chi connectivity index (χ2v) is 5.26. The number of aliphatic hydroxyl groups is 2. The van der Waals surface area contributed by atoms with Crippen LogP contribution >= 0.6 is 11.6 Å². The summed E-state index contributed by atoms with van der Waals surface area (Å²) in [6.07, 6.45) is -0.613. The van der Waals surface area contributed by atoms with Crippen LogP contribution in [0.15, 0.2) is 24.3 Å². The molecule has 1 aliphatic rings. The SMILES string of the molecule is OC[C@H]1COCCN1C[C@@H](O)COc1ccc(Cl)cc1. The Morgan fingerprint density at radius 2 is 2.15 bits per heavy atom. The number of ether oxygens (including phenoxy) is 2. The Labute approximate surface area is 123 Å². The summed E-state index contributed by atoms with van der Waals surface area (Å²) < 4.78 is 10.8. The number of benzene rings is 1. The highest BCUT2D eigenvalue weighted by molar-refractivity contribution is 6.30. The van der Waals surface area contributed by atoms with E-state index in [1.165, 1.54) is 0 Å². The number of rotatable bonds is 6. The maximum Gasteiger partial charge on any atom is 0.119 e. The molecule has 0 aromatic heterocycles. The lowest BCUT2D eigenvalue weighted by Crippen LogP contribution is -2.50. The Morgan fingerprint density at radius 1 is 1.40 bits per heavy atom. The lowest BCUT2D eigenvalue weighted by atomic mass is 10.2. The third-order valence-corrected chi connectivity index (χ3v) is 3.51. The lowest BCUT2D eigenvalue weighted by Gasteiger charge is -2.35. The Kier molecular flexibility index (Phi) is 6.06. The van der Waals surface area contributed by atoms with E-state index in [0.29, 0.717) is 37.1 Å². The lowest BCUT2D eigenvalue weighted by molar-refractivity contribution is -0.0480. The number of β-amino-alcohol motifs (C(OH)–C–C–N with tert-alkyl or cyclic N) is 1. The topological polar surface area (TPSA) is 62.2 Å². The fourth-order valence-electron chi connectivity index (χ4n) is 2.14. The summed E-state index contributed by atoms with van der Waals surface area (Å²) in [4.78, 5) is 2.03. The molecule has 1 aromatic rings. The van der Waals surface area contributed by atoms with Crippen LogP contribution in [0.3, 0.4) is 0 Å². The highest BCUT2D eigenvalue weighted by atomic mass is 35.5. The minimum Gasteiger partial charge on any atom is -0.491 e. The van der Waals surface area contributed by atoms with E-state index in [1.807, 2.05) is 4.90 Å². The van der Waals surface area contributed by atoms with E-state index in [1.54, 1.807) is 24.3 Å². The van der Waals surface area contributed by atoms with Crippen LogP contribution in [0, 0.1) is 0 Å². The molecule has 1 fully saturated rings. The third-order valence-electron chi connectivity index (χ3n) is 3.26. The van der Waals surface area contributed by atoms with E-state index in [9.17, 15) is 10.2 Å². The van der Waals surface area contributed by atoms with Gasteiger partial charge in [0.25, 0.3) is 0 Å². The average Bonchev–Trinajstić information content (AvgIpc) is 2.47. The van der Waals surface area contributed by atoms with Gasteiger partial charge in [-0.25, -0.2) is 0 Å². The summed E-state index contributed by atoms with van der Waals surface area (Å²) in [6.45, 7) is 2.54. The fourth-order valence-corrected chi connectivity index (χ4v) is 2.27. The number of nitrogens with zero attached hydrogens (tertiary/aromatic N) is 1. The molecular weight excluding hydrogens is 282 g/mol. The predicted molar refractivity (Wildman–Crippen MR) is 76.2 cm³/mol. The molecule has 6 heteroatoms. The third kappa shape index (κ3) is 4.61. The van der Waals surface area contributed by atoms with Gasteiger partial charge in [-0.15, -0.1) is 0 Å². The van der Waals surface area contributed by atoms with Gasteiger partial charge in [0.1, 0.15) is 18.5 Å². The van der Waals surface area contributed by atoms with Crippen LogP contribution in [0.2, 0.25) is 5.02 Å². The first-order valence-electron chi connectivity index (χ1n) is 6.68. The summed E-state index contributed by atoms with van der Waals surface area (Å²) in [5, 5.41) is 19.9. The minimum atomic E-state index is -0.613. The molecule has 0 amide bonds. The van der Waals surface area contributed by atoms with E-state index >= 15 is 0 Å². The Bertz CT molecular complexity index is 401. The molecule has 20 heavy (non-hydrogen) atoms. The van der Waals surface area contributed by atoms with Crippen LogP contribution in [-0.4, -0.2) is 66.8 Å². The van der Waals surface area contributed by atoms with Gasteiger partial charge in [-0.05, 0) is 24.3 Å². The van der Waals surface area contributed by atoms with Gasteiger partial charge in [0.15, 0.2) is 0 Å². The predicted octanol–water partition coefficient (Wildman–Crippen LogP) is 0.773. The van der Waals surface area contributed by atoms with Crippen LogP contribution in [0.25, 0.3) is 0 Å². The van der Waals surface area contributed by atoms with Crippen molar-refractivity contribution in [1.29, 1.82) is 0 Å². The van der Waals surface area contributed by atoms with Gasteiger partial charge < -0.3 is 19.7 Å². The molecule has 112 valence electrons. The molecule has 0 unspecified atom stereocenters. The van der Waals surface area contributed by atoms with Gasteiger partial charge >= 0.3 is 0 Å². The van der Waals surface area contributed by atoms with Crippen LogP contribution in [0.5, 0.6) is 5.75 Å². The van der Waals surface area contributed by atoms with Crippen molar-refractivity contribution in [1.82, 2.24) is 4.90 Å². The van der Waals surface area contributed by atoms with Gasteiger partial charge in [0.2, 0.25) is 0 Å². The number of hydrogen-bond acceptors (Lipinski definition) is 5. The van der Waals surface area contributed by atoms with Crippen molar-refractivity contribution in [2.45, 2.75) is 12.1 Å². The van der Waals surface area contributed by atoms with Crippen molar-refractivity contribution in [3.8, 4) is 5.75 Å². The van der Waals surface area contributed by atoms with E-state index in [4.69, 9.17) is 21.1 Å². The van der Waals surface area contributed by atoms with Crippen molar-refractivity contribution in [2.24, 2.45) is 0 Å². The Balaban J connectivity index is 1.76. The zero-order chi connectivity index (χ0) is 14.4. The normalized spacial score (nSPS) is 21.6. The van der Waals surface area contributed by atoms with Crippen molar-refractivity contribution >= 4 is 11.6 Å². The van der Waals surface area contributed by atoms with Crippen LogP contribution in [0.1, 0.15) is 0 Å². The molecule has 5 nitrogen and oxygen atoms in total. The number of hydrogen-bond donors (Lipinski definition) is 2. The summed E-state index contributed by atoms with van der Waals surface area (Å²) in [5.41, 5.74) is 0. The van der Waals surface area contributed by atoms with Gasteiger partial charge in [-0.3, -0.25) is 4.90 Å². The minimum absolute atomic E-state index is 0.0325.